The summed E-state index contributed by atoms with van der Waals surface area (Å²) in [6, 6.07) is 8.81. The quantitative estimate of drug-likeness (QED) is 0.362. The maximum atomic E-state index is 12.3. The molecule has 0 radical (unpaired) electrons. The Morgan fingerprint density at radius 2 is 2.21 bits per heavy atom. The fourth-order valence-electron chi connectivity index (χ4n) is 2.50. The fraction of sp³-hybridized carbons (Fsp3) is 0.158. The van der Waals surface area contributed by atoms with Gasteiger partial charge in [0.15, 0.2) is 11.0 Å². The Kier molecular flexibility index (Phi) is 7.29. The number of methoxy groups -OCH3 is 1. The Morgan fingerprint density at radius 3 is 2.90 bits per heavy atom. The lowest BCUT2D eigenvalue weighted by molar-refractivity contribution is -0.113. The van der Waals surface area contributed by atoms with Crippen LogP contribution in [0.15, 0.2) is 58.8 Å². The first-order valence-corrected chi connectivity index (χ1v) is 10.6. The molecule has 2 aromatic heterocycles. The van der Waals surface area contributed by atoms with E-state index in [1.54, 1.807) is 49.7 Å². The number of thioether (sulfide) groups is 1. The van der Waals surface area contributed by atoms with Crippen LogP contribution in [0.25, 0.3) is 11.4 Å². The van der Waals surface area contributed by atoms with Gasteiger partial charge in [-0.1, -0.05) is 29.4 Å². The number of pyridine rings is 1. The Labute approximate surface area is 185 Å². The molecule has 0 bridgehead atoms. The van der Waals surface area contributed by atoms with E-state index in [0.717, 1.165) is 4.47 Å². The number of nitrogens with zero attached hydrogens (tertiary/aromatic N) is 4. The summed E-state index contributed by atoms with van der Waals surface area (Å²) < 4.78 is 8.12. The van der Waals surface area contributed by atoms with Crippen molar-refractivity contribution in [1.29, 1.82) is 0 Å². The number of aromatic nitrogens is 4. The number of carbonyl (C=O) groups excluding carboxylic acids is 1. The predicted octanol–water partition coefficient (Wildman–Crippen LogP) is 4.68. The number of benzene rings is 1. The number of rotatable bonds is 8. The Bertz CT molecular complexity index is 1030. The van der Waals surface area contributed by atoms with Crippen molar-refractivity contribution in [3.8, 4) is 17.1 Å². The highest BCUT2D eigenvalue weighted by atomic mass is 79.9. The largest absolute Gasteiger partial charge is 0.496 e. The maximum absolute atomic E-state index is 12.3. The van der Waals surface area contributed by atoms with E-state index in [0.29, 0.717) is 39.7 Å². The molecule has 1 aromatic carbocycles. The second-order valence-corrected chi connectivity index (χ2v) is 8.04. The SMILES string of the molecule is C=CCn1c(SCC(=O)Nc2ccc(Br)cn2)nnc1-c1cc(Cl)ccc1OC. The van der Waals surface area contributed by atoms with E-state index in [2.05, 4.69) is 43.0 Å². The summed E-state index contributed by atoms with van der Waals surface area (Å²) in [5.41, 5.74) is 0.713. The van der Waals surface area contributed by atoms with Crippen LogP contribution in [0.3, 0.4) is 0 Å². The number of allylic oxidation sites excluding steroid dienone is 1. The molecule has 10 heteroatoms. The lowest BCUT2D eigenvalue weighted by Crippen LogP contribution is -2.15. The van der Waals surface area contributed by atoms with E-state index in [1.165, 1.54) is 11.8 Å². The van der Waals surface area contributed by atoms with Crippen molar-refractivity contribution in [2.24, 2.45) is 0 Å². The Hall–Kier alpha value is -2.36. The van der Waals surface area contributed by atoms with Gasteiger partial charge < -0.3 is 10.1 Å². The number of amides is 1. The molecule has 0 saturated carbocycles. The monoisotopic (exact) mass is 493 g/mol. The van der Waals surface area contributed by atoms with Gasteiger partial charge in [0.1, 0.15) is 11.6 Å². The van der Waals surface area contributed by atoms with Gasteiger partial charge in [-0.2, -0.15) is 0 Å². The van der Waals surface area contributed by atoms with E-state index in [4.69, 9.17) is 16.3 Å². The van der Waals surface area contributed by atoms with E-state index in [9.17, 15) is 4.79 Å². The van der Waals surface area contributed by atoms with Crippen molar-refractivity contribution < 1.29 is 9.53 Å². The summed E-state index contributed by atoms with van der Waals surface area (Å²) in [4.78, 5) is 16.4. The molecule has 0 spiro atoms. The van der Waals surface area contributed by atoms with Crippen LogP contribution in [-0.4, -0.2) is 38.5 Å². The third-order valence-corrected chi connectivity index (χ3v) is 5.43. The summed E-state index contributed by atoms with van der Waals surface area (Å²) in [5, 5.41) is 12.4. The average molecular weight is 495 g/mol. The lowest BCUT2D eigenvalue weighted by Gasteiger charge is -2.11. The van der Waals surface area contributed by atoms with Crippen LogP contribution in [0.5, 0.6) is 5.75 Å². The van der Waals surface area contributed by atoms with Crippen LogP contribution in [0.1, 0.15) is 0 Å². The number of nitrogens with one attached hydrogen (secondary N) is 1. The molecule has 7 nitrogen and oxygen atoms in total. The Balaban J connectivity index is 1.78. The van der Waals surface area contributed by atoms with Gasteiger partial charge in [0.2, 0.25) is 5.91 Å². The molecule has 0 fully saturated rings. The van der Waals surface area contributed by atoms with Gasteiger partial charge in [0.25, 0.3) is 0 Å². The second-order valence-electron chi connectivity index (χ2n) is 5.75. The molecule has 0 unspecified atom stereocenters. The summed E-state index contributed by atoms with van der Waals surface area (Å²) in [7, 11) is 1.58. The molecule has 2 heterocycles. The summed E-state index contributed by atoms with van der Waals surface area (Å²) >= 11 is 10.7. The number of halogens is 2. The minimum absolute atomic E-state index is 0.152. The van der Waals surface area contributed by atoms with Gasteiger partial charge in [-0.15, -0.1) is 16.8 Å². The summed E-state index contributed by atoms with van der Waals surface area (Å²) in [6.07, 6.45) is 3.36. The van der Waals surface area contributed by atoms with Crippen LogP contribution < -0.4 is 10.1 Å². The van der Waals surface area contributed by atoms with Gasteiger partial charge in [-0.25, -0.2) is 4.98 Å². The van der Waals surface area contributed by atoms with E-state index in [1.807, 2.05) is 4.57 Å². The van der Waals surface area contributed by atoms with Crippen LogP contribution in [0.4, 0.5) is 5.82 Å². The zero-order valence-corrected chi connectivity index (χ0v) is 18.6. The number of anilines is 1. The fourth-order valence-corrected chi connectivity index (χ4v) is 3.66. The minimum Gasteiger partial charge on any atom is -0.496 e. The van der Waals surface area contributed by atoms with Crippen molar-refractivity contribution in [3.05, 3.63) is 58.7 Å². The number of hydrogen-bond acceptors (Lipinski definition) is 6. The standard InChI is InChI=1S/C19H17BrClN5O2S/c1-3-8-26-18(14-9-13(21)5-6-15(14)28-2)24-25-19(26)29-11-17(27)23-16-7-4-12(20)10-22-16/h3-7,9-10H,1,8,11H2,2H3,(H,22,23,27). The molecule has 0 atom stereocenters. The number of hydrogen-bond donors (Lipinski definition) is 1. The molecular formula is C19H17BrClN5O2S. The van der Waals surface area contributed by atoms with Gasteiger partial charge in [0.05, 0.1) is 18.4 Å². The minimum atomic E-state index is -0.195. The van der Waals surface area contributed by atoms with Crippen molar-refractivity contribution in [1.82, 2.24) is 19.7 Å². The van der Waals surface area contributed by atoms with Crippen LogP contribution in [-0.2, 0) is 11.3 Å². The zero-order chi connectivity index (χ0) is 20.8. The molecule has 150 valence electrons. The maximum Gasteiger partial charge on any atom is 0.236 e. The summed E-state index contributed by atoms with van der Waals surface area (Å²) in [6.45, 7) is 4.26. The highest BCUT2D eigenvalue weighted by molar-refractivity contribution is 9.10. The number of ether oxygens (including phenoxy) is 1. The molecule has 0 aliphatic rings. The molecule has 0 aliphatic carbocycles. The predicted molar refractivity (Wildman–Crippen MR) is 119 cm³/mol. The van der Waals surface area contributed by atoms with E-state index < -0.39 is 0 Å². The molecule has 3 aromatic rings. The van der Waals surface area contributed by atoms with Crippen molar-refractivity contribution >= 4 is 51.0 Å². The van der Waals surface area contributed by atoms with Crippen LogP contribution in [0.2, 0.25) is 5.02 Å². The first-order chi connectivity index (χ1) is 14.0. The molecule has 3 rings (SSSR count). The molecule has 0 saturated heterocycles. The smallest absolute Gasteiger partial charge is 0.236 e. The van der Waals surface area contributed by atoms with E-state index >= 15 is 0 Å². The molecule has 29 heavy (non-hydrogen) atoms. The highest BCUT2D eigenvalue weighted by Crippen LogP contribution is 2.33. The highest BCUT2D eigenvalue weighted by Gasteiger charge is 2.18. The lowest BCUT2D eigenvalue weighted by atomic mass is 10.2. The first-order valence-electron chi connectivity index (χ1n) is 8.44. The van der Waals surface area contributed by atoms with Gasteiger partial charge >= 0.3 is 0 Å². The van der Waals surface area contributed by atoms with Crippen molar-refractivity contribution in [2.75, 3.05) is 18.2 Å². The van der Waals surface area contributed by atoms with E-state index in [-0.39, 0.29) is 11.7 Å². The molecule has 1 N–H and O–H groups in total. The third kappa shape index (κ3) is 5.37. The van der Waals surface area contributed by atoms with Crippen LogP contribution >= 0.6 is 39.3 Å². The third-order valence-electron chi connectivity index (χ3n) is 3.76. The Morgan fingerprint density at radius 1 is 1.38 bits per heavy atom. The molecule has 1 amide bonds. The average Bonchev–Trinajstić information content (AvgIpc) is 3.11. The van der Waals surface area contributed by atoms with Crippen molar-refractivity contribution in [2.45, 2.75) is 11.7 Å². The zero-order valence-electron chi connectivity index (χ0n) is 15.4. The molecule has 0 aliphatic heterocycles. The van der Waals surface area contributed by atoms with Crippen molar-refractivity contribution in [3.63, 3.8) is 0 Å². The second kappa shape index (κ2) is 9.91. The number of carbonyl (C=O) groups is 1. The van der Waals surface area contributed by atoms with Gasteiger partial charge in [0, 0.05) is 22.2 Å². The topological polar surface area (TPSA) is 81.9 Å². The normalized spacial score (nSPS) is 10.6. The molecular weight excluding hydrogens is 478 g/mol. The summed E-state index contributed by atoms with van der Waals surface area (Å²) in [5.74, 6) is 1.65. The first kappa shape index (κ1) is 21.4. The van der Waals surface area contributed by atoms with Gasteiger partial charge in [-0.05, 0) is 46.3 Å². The van der Waals surface area contributed by atoms with Crippen LogP contribution in [0, 0.1) is 0 Å². The van der Waals surface area contributed by atoms with Gasteiger partial charge in [-0.3, -0.25) is 9.36 Å².